The van der Waals surface area contributed by atoms with E-state index in [0.29, 0.717) is 22.6 Å². The number of rotatable bonds is 4. The first-order chi connectivity index (χ1) is 9.52. The van der Waals surface area contributed by atoms with Gasteiger partial charge >= 0.3 is 0 Å². The lowest BCUT2D eigenvalue weighted by Gasteiger charge is -2.14. The molecule has 0 bridgehead atoms. The van der Waals surface area contributed by atoms with Crippen molar-refractivity contribution in [3.63, 3.8) is 0 Å². The highest BCUT2D eigenvalue weighted by atomic mass is 35.5. The van der Waals surface area contributed by atoms with E-state index >= 15 is 0 Å². The van der Waals surface area contributed by atoms with E-state index in [0.717, 1.165) is 11.3 Å². The Morgan fingerprint density at radius 3 is 2.50 bits per heavy atom. The second-order valence-corrected chi connectivity index (χ2v) is 5.80. The third-order valence-electron chi connectivity index (χ3n) is 3.30. The number of hydrogen-bond donors (Lipinski definition) is 0. The predicted octanol–water partition coefficient (Wildman–Crippen LogP) is 6.30. The fourth-order valence-electron chi connectivity index (χ4n) is 2.25. The van der Waals surface area contributed by atoms with Crippen LogP contribution in [0.15, 0.2) is 36.4 Å². The predicted molar refractivity (Wildman–Crippen MR) is 86.4 cm³/mol. The molecule has 3 heteroatoms. The molecule has 0 radical (unpaired) electrons. The minimum atomic E-state index is 0.331. The van der Waals surface area contributed by atoms with Crippen molar-refractivity contribution in [1.29, 1.82) is 0 Å². The summed E-state index contributed by atoms with van der Waals surface area (Å²) >= 11 is 12.1. The highest BCUT2D eigenvalue weighted by Gasteiger charge is 2.10. The molecule has 0 unspecified atom stereocenters. The van der Waals surface area contributed by atoms with Crippen LogP contribution in [0.5, 0.6) is 11.5 Å². The Labute approximate surface area is 130 Å². The van der Waals surface area contributed by atoms with Gasteiger partial charge in [0.05, 0.1) is 5.88 Å². The first kappa shape index (κ1) is 15.2. The molecule has 0 aliphatic rings. The van der Waals surface area contributed by atoms with Crippen molar-refractivity contribution in [2.45, 2.75) is 32.6 Å². The third kappa shape index (κ3) is 3.28. The summed E-state index contributed by atoms with van der Waals surface area (Å²) in [6.45, 7) is 6.47. The molecule has 20 heavy (non-hydrogen) atoms. The second kappa shape index (κ2) is 6.51. The average molecular weight is 309 g/mol. The molecule has 0 aromatic heterocycles. The summed E-state index contributed by atoms with van der Waals surface area (Å²) in [5, 5.41) is 0.632. The lowest BCUT2D eigenvalue weighted by Crippen LogP contribution is -1.94. The van der Waals surface area contributed by atoms with Crippen LogP contribution in [0.3, 0.4) is 0 Å². The first-order valence-electron chi connectivity index (χ1n) is 6.64. The summed E-state index contributed by atoms with van der Waals surface area (Å²) in [5.74, 6) is 2.36. The van der Waals surface area contributed by atoms with Crippen molar-refractivity contribution in [3.05, 3.63) is 58.1 Å². The van der Waals surface area contributed by atoms with Gasteiger partial charge in [-0.05, 0) is 48.2 Å². The van der Waals surface area contributed by atoms with E-state index in [9.17, 15) is 0 Å². The molecule has 0 atom stereocenters. The van der Waals surface area contributed by atoms with Gasteiger partial charge in [0.1, 0.15) is 11.5 Å². The molecule has 2 aromatic carbocycles. The smallest absolute Gasteiger partial charge is 0.133 e. The van der Waals surface area contributed by atoms with Gasteiger partial charge in [0.25, 0.3) is 0 Å². The van der Waals surface area contributed by atoms with E-state index in [1.807, 2.05) is 30.3 Å². The number of hydrogen-bond acceptors (Lipinski definition) is 1. The van der Waals surface area contributed by atoms with Gasteiger partial charge in [0, 0.05) is 10.6 Å². The van der Waals surface area contributed by atoms with Crippen molar-refractivity contribution < 1.29 is 4.74 Å². The monoisotopic (exact) mass is 308 g/mol. The SMILES string of the molecule is Cc1cc(Oc2cccc(Cl)c2CCl)ccc1C(C)C. The van der Waals surface area contributed by atoms with Gasteiger partial charge < -0.3 is 4.74 Å². The summed E-state index contributed by atoms with van der Waals surface area (Å²) in [4.78, 5) is 0. The van der Waals surface area contributed by atoms with Crippen LogP contribution in [0.25, 0.3) is 0 Å². The van der Waals surface area contributed by atoms with Gasteiger partial charge in [-0.25, -0.2) is 0 Å². The number of aryl methyl sites for hydroxylation is 1. The average Bonchev–Trinajstić information content (AvgIpc) is 2.38. The van der Waals surface area contributed by atoms with E-state index in [1.54, 1.807) is 0 Å². The number of ether oxygens (including phenoxy) is 1. The van der Waals surface area contributed by atoms with E-state index < -0.39 is 0 Å². The lowest BCUT2D eigenvalue weighted by molar-refractivity contribution is 0.477. The minimum Gasteiger partial charge on any atom is -0.457 e. The van der Waals surface area contributed by atoms with E-state index in [1.165, 1.54) is 11.1 Å². The Hall–Kier alpha value is -1.18. The minimum absolute atomic E-state index is 0.331. The quantitative estimate of drug-likeness (QED) is 0.602. The molecule has 0 spiro atoms. The van der Waals surface area contributed by atoms with Crippen LogP contribution in [0, 0.1) is 6.92 Å². The maximum atomic E-state index is 6.13. The van der Waals surface area contributed by atoms with Crippen LogP contribution < -0.4 is 4.74 Å². The number of alkyl halides is 1. The van der Waals surface area contributed by atoms with Crippen molar-refractivity contribution in [2.75, 3.05) is 0 Å². The van der Waals surface area contributed by atoms with Crippen LogP contribution in [0.4, 0.5) is 0 Å². The highest BCUT2D eigenvalue weighted by molar-refractivity contribution is 6.32. The lowest BCUT2D eigenvalue weighted by atomic mass is 9.98. The molecular formula is C17H18Cl2O. The Morgan fingerprint density at radius 1 is 1.15 bits per heavy atom. The van der Waals surface area contributed by atoms with Crippen LogP contribution in [0.1, 0.15) is 36.5 Å². The van der Waals surface area contributed by atoms with E-state index in [4.69, 9.17) is 27.9 Å². The van der Waals surface area contributed by atoms with Gasteiger partial charge in [-0.2, -0.15) is 0 Å². The fourth-order valence-corrected chi connectivity index (χ4v) is 2.83. The van der Waals surface area contributed by atoms with Gasteiger partial charge in [-0.15, -0.1) is 11.6 Å². The van der Waals surface area contributed by atoms with Crippen molar-refractivity contribution in [3.8, 4) is 11.5 Å². The zero-order valence-electron chi connectivity index (χ0n) is 11.9. The molecule has 2 aromatic rings. The molecule has 0 aliphatic carbocycles. The summed E-state index contributed by atoms with van der Waals surface area (Å²) in [5.41, 5.74) is 3.38. The molecular weight excluding hydrogens is 291 g/mol. The summed E-state index contributed by atoms with van der Waals surface area (Å²) < 4.78 is 5.93. The van der Waals surface area contributed by atoms with Gasteiger partial charge in [-0.1, -0.05) is 37.6 Å². The Balaban J connectivity index is 2.31. The maximum Gasteiger partial charge on any atom is 0.133 e. The normalized spacial score (nSPS) is 10.9. The molecule has 0 saturated carbocycles. The summed E-state index contributed by atoms with van der Waals surface area (Å²) in [6, 6.07) is 11.7. The second-order valence-electron chi connectivity index (χ2n) is 5.13. The standard InChI is InChI=1S/C17H18Cl2O/c1-11(2)14-8-7-13(9-12(14)3)20-17-6-4-5-16(19)15(17)10-18/h4-9,11H,10H2,1-3H3. The van der Waals surface area contributed by atoms with Crippen molar-refractivity contribution in [1.82, 2.24) is 0 Å². The first-order valence-corrected chi connectivity index (χ1v) is 7.56. The van der Waals surface area contributed by atoms with Crippen LogP contribution in [-0.4, -0.2) is 0 Å². The van der Waals surface area contributed by atoms with Crippen LogP contribution in [0.2, 0.25) is 5.02 Å². The molecule has 2 rings (SSSR count). The van der Waals surface area contributed by atoms with Crippen LogP contribution >= 0.6 is 23.2 Å². The largest absolute Gasteiger partial charge is 0.457 e. The zero-order chi connectivity index (χ0) is 14.7. The highest BCUT2D eigenvalue weighted by Crippen LogP contribution is 2.33. The third-order valence-corrected chi connectivity index (χ3v) is 3.92. The summed E-state index contributed by atoms with van der Waals surface area (Å²) in [7, 11) is 0. The molecule has 0 N–H and O–H groups in total. The maximum absolute atomic E-state index is 6.13. The fraction of sp³-hybridized carbons (Fsp3) is 0.294. The molecule has 0 heterocycles. The van der Waals surface area contributed by atoms with Crippen LogP contribution in [-0.2, 0) is 5.88 Å². The molecule has 1 nitrogen and oxygen atoms in total. The summed E-state index contributed by atoms with van der Waals surface area (Å²) in [6.07, 6.45) is 0. The van der Waals surface area contributed by atoms with Gasteiger partial charge in [-0.3, -0.25) is 0 Å². The number of halogens is 2. The molecule has 0 aliphatic heterocycles. The van der Waals surface area contributed by atoms with Crippen molar-refractivity contribution >= 4 is 23.2 Å². The molecule has 0 fully saturated rings. The zero-order valence-corrected chi connectivity index (χ0v) is 13.4. The molecule has 0 saturated heterocycles. The Kier molecular flexibility index (Phi) is 4.95. The topological polar surface area (TPSA) is 9.23 Å². The van der Waals surface area contributed by atoms with Crippen molar-refractivity contribution in [2.24, 2.45) is 0 Å². The molecule has 106 valence electrons. The van der Waals surface area contributed by atoms with Gasteiger partial charge in [0.15, 0.2) is 0 Å². The van der Waals surface area contributed by atoms with E-state index in [2.05, 4.69) is 26.8 Å². The van der Waals surface area contributed by atoms with E-state index in [-0.39, 0.29) is 0 Å². The Bertz CT molecular complexity index is 606. The molecule has 0 amide bonds. The Morgan fingerprint density at radius 2 is 1.90 bits per heavy atom. The number of benzene rings is 2. The van der Waals surface area contributed by atoms with Gasteiger partial charge in [0.2, 0.25) is 0 Å².